The molecule has 3 N–H and O–H groups in total. The van der Waals surface area contributed by atoms with Gasteiger partial charge in [-0.15, -0.1) is 0 Å². The number of nitrogens with two attached hydrogens (primary N) is 1. The van der Waals surface area contributed by atoms with E-state index >= 15 is 0 Å². The summed E-state index contributed by atoms with van der Waals surface area (Å²) in [6.07, 6.45) is 0. The second-order valence-electron chi connectivity index (χ2n) is 5.57. The highest BCUT2D eigenvalue weighted by Crippen LogP contribution is 2.18. The summed E-state index contributed by atoms with van der Waals surface area (Å²) in [4.78, 5) is 12.1. The summed E-state index contributed by atoms with van der Waals surface area (Å²) in [6.45, 7) is 7.15. The van der Waals surface area contributed by atoms with Crippen LogP contribution in [0.25, 0.3) is 0 Å². The van der Waals surface area contributed by atoms with E-state index in [0.717, 1.165) is 5.56 Å². The van der Waals surface area contributed by atoms with Crippen LogP contribution >= 0.6 is 0 Å². The molecule has 0 fully saturated rings. The van der Waals surface area contributed by atoms with Gasteiger partial charge in [-0.2, -0.15) is 0 Å². The molecule has 0 bridgehead atoms. The van der Waals surface area contributed by atoms with Gasteiger partial charge in [0.05, 0.1) is 5.25 Å². The van der Waals surface area contributed by atoms with Crippen molar-refractivity contribution < 1.29 is 13.2 Å². The van der Waals surface area contributed by atoms with E-state index in [0.29, 0.717) is 12.2 Å². The maximum absolute atomic E-state index is 12.3. The van der Waals surface area contributed by atoms with Gasteiger partial charge in [0, 0.05) is 12.2 Å². The molecule has 5 nitrogen and oxygen atoms in total. The Morgan fingerprint density at radius 2 is 1.67 bits per heavy atom. The third-order valence-electron chi connectivity index (χ3n) is 3.78. The van der Waals surface area contributed by atoms with Gasteiger partial charge < -0.3 is 11.1 Å². The highest BCUT2D eigenvalue weighted by atomic mass is 32.2. The van der Waals surface area contributed by atoms with E-state index in [1.54, 1.807) is 31.2 Å². The molecule has 0 aromatic heterocycles. The Kier molecular flexibility index (Phi) is 5.92. The Bertz CT molecular complexity index is 579. The molecule has 118 valence electrons. The third-order valence-corrected chi connectivity index (χ3v) is 6.56. The zero-order valence-corrected chi connectivity index (χ0v) is 13.8. The van der Waals surface area contributed by atoms with E-state index in [2.05, 4.69) is 5.32 Å². The summed E-state index contributed by atoms with van der Waals surface area (Å²) in [5.74, 6) is -0.544. The number of carbonyl (C=O) groups is 1. The number of benzene rings is 1. The first kappa shape index (κ1) is 17.7. The van der Waals surface area contributed by atoms with Crippen LogP contribution in [-0.4, -0.2) is 24.8 Å². The van der Waals surface area contributed by atoms with E-state index in [4.69, 9.17) is 5.73 Å². The van der Waals surface area contributed by atoms with E-state index in [1.807, 2.05) is 13.8 Å². The maximum Gasteiger partial charge on any atom is 0.242 e. The third kappa shape index (κ3) is 4.28. The van der Waals surface area contributed by atoms with Crippen LogP contribution in [-0.2, 0) is 21.2 Å². The summed E-state index contributed by atoms with van der Waals surface area (Å²) < 4.78 is 24.7. The second kappa shape index (κ2) is 7.04. The minimum absolute atomic E-state index is 0.0333. The topological polar surface area (TPSA) is 89.3 Å². The molecule has 2 unspecified atom stereocenters. The lowest BCUT2D eigenvalue weighted by Crippen LogP contribution is -2.39. The van der Waals surface area contributed by atoms with Crippen molar-refractivity contribution in [2.24, 2.45) is 11.7 Å². The largest absolute Gasteiger partial charge is 0.326 e. The molecule has 1 aromatic rings. The van der Waals surface area contributed by atoms with Gasteiger partial charge in [-0.1, -0.05) is 26.0 Å². The van der Waals surface area contributed by atoms with E-state index < -0.39 is 26.2 Å². The highest BCUT2D eigenvalue weighted by molar-refractivity contribution is 7.93. The standard InChI is InChI=1S/C15H24N2O3S/c1-10(2)11(3)21(19,20)12(4)15(18)17-14-7-5-13(9-16)6-8-14/h5-8,10-12H,9,16H2,1-4H3,(H,17,18). The zero-order chi connectivity index (χ0) is 16.2. The molecule has 1 aromatic carbocycles. The summed E-state index contributed by atoms with van der Waals surface area (Å²) in [5.41, 5.74) is 7.01. The van der Waals surface area contributed by atoms with Crippen LogP contribution in [0.2, 0.25) is 0 Å². The van der Waals surface area contributed by atoms with Crippen LogP contribution in [0.5, 0.6) is 0 Å². The Morgan fingerprint density at radius 1 is 1.14 bits per heavy atom. The Labute approximate surface area is 126 Å². The predicted octanol–water partition coefficient (Wildman–Crippen LogP) is 1.93. The number of rotatable bonds is 6. The molecule has 0 saturated carbocycles. The average Bonchev–Trinajstić information content (AvgIpc) is 2.46. The fourth-order valence-corrected chi connectivity index (χ4v) is 3.58. The SMILES string of the molecule is CC(C)C(C)S(=O)(=O)C(C)C(=O)Nc1ccc(CN)cc1. The van der Waals surface area contributed by atoms with Gasteiger partial charge in [0.25, 0.3) is 0 Å². The highest BCUT2D eigenvalue weighted by Gasteiger charge is 2.34. The van der Waals surface area contributed by atoms with Crippen LogP contribution in [0.3, 0.4) is 0 Å². The van der Waals surface area contributed by atoms with Crippen molar-refractivity contribution in [1.29, 1.82) is 0 Å². The smallest absolute Gasteiger partial charge is 0.242 e. The van der Waals surface area contributed by atoms with Crippen LogP contribution in [0, 0.1) is 5.92 Å². The molecule has 0 aliphatic rings. The lowest BCUT2D eigenvalue weighted by molar-refractivity contribution is -0.115. The van der Waals surface area contributed by atoms with Gasteiger partial charge in [-0.3, -0.25) is 4.79 Å². The van der Waals surface area contributed by atoms with Crippen LogP contribution in [0.4, 0.5) is 5.69 Å². The molecule has 0 aliphatic carbocycles. The normalized spacial score (nSPS) is 14.8. The molecule has 1 rings (SSSR count). The maximum atomic E-state index is 12.3. The lowest BCUT2D eigenvalue weighted by atomic mass is 10.2. The van der Waals surface area contributed by atoms with E-state index in [9.17, 15) is 13.2 Å². The number of hydrogen-bond donors (Lipinski definition) is 2. The number of carbonyl (C=O) groups excluding carboxylic acids is 1. The Hall–Kier alpha value is -1.40. The first-order valence-electron chi connectivity index (χ1n) is 7.02. The van der Waals surface area contributed by atoms with Crippen LogP contribution in [0.1, 0.15) is 33.3 Å². The van der Waals surface area contributed by atoms with Crippen LogP contribution < -0.4 is 11.1 Å². The second-order valence-corrected chi connectivity index (χ2v) is 8.20. The summed E-state index contributed by atoms with van der Waals surface area (Å²) >= 11 is 0. The molecule has 6 heteroatoms. The molecule has 21 heavy (non-hydrogen) atoms. The first-order chi connectivity index (χ1) is 9.70. The fourth-order valence-electron chi connectivity index (χ4n) is 1.82. The summed E-state index contributed by atoms with van der Waals surface area (Å²) in [5, 5.41) is 0.997. The van der Waals surface area contributed by atoms with Crippen molar-refractivity contribution in [3.05, 3.63) is 29.8 Å². The summed E-state index contributed by atoms with van der Waals surface area (Å²) in [6, 6.07) is 7.02. The molecular formula is C15H24N2O3S. The van der Waals surface area contributed by atoms with Gasteiger partial charge in [0.2, 0.25) is 5.91 Å². The number of sulfone groups is 1. The zero-order valence-electron chi connectivity index (χ0n) is 13.0. The Morgan fingerprint density at radius 3 is 2.10 bits per heavy atom. The summed E-state index contributed by atoms with van der Waals surface area (Å²) in [7, 11) is -3.50. The lowest BCUT2D eigenvalue weighted by Gasteiger charge is -2.21. The first-order valence-corrected chi connectivity index (χ1v) is 8.63. The van der Waals surface area contributed by atoms with Crippen molar-refractivity contribution in [2.75, 3.05) is 5.32 Å². The quantitative estimate of drug-likeness (QED) is 0.840. The van der Waals surface area contributed by atoms with Crippen molar-refractivity contribution in [3.63, 3.8) is 0 Å². The molecular weight excluding hydrogens is 288 g/mol. The molecule has 2 atom stereocenters. The number of anilines is 1. The van der Waals surface area contributed by atoms with Gasteiger partial charge >= 0.3 is 0 Å². The minimum Gasteiger partial charge on any atom is -0.326 e. The predicted molar refractivity (Wildman–Crippen MR) is 85.6 cm³/mol. The van der Waals surface area contributed by atoms with Gasteiger partial charge in [-0.25, -0.2) is 8.42 Å². The van der Waals surface area contributed by atoms with Crippen molar-refractivity contribution in [3.8, 4) is 0 Å². The van der Waals surface area contributed by atoms with Gasteiger partial charge in [-0.05, 0) is 37.5 Å². The molecule has 0 saturated heterocycles. The molecule has 0 aliphatic heterocycles. The monoisotopic (exact) mass is 312 g/mol. The Balaban J connectivity index is 2.83. The van der Waals surface area contributed by atoms with Crippen LogP contribution in [0.15, 0.2) is 24.3 Å². The van der Waals surface area contributed by atoms with Gasteiger partial charge in [0.15, 0.2) is 9.84 Å². The van der Waals surface area contributed by atoms with Crippen molar-refractivity contribution in [1.82, 2.24) is 0 Å². The number of hydrogen-bond acceptors (Lipinski definition) is 4. The average molecular weight is 312 g/mol. The van der Waals surface area contributed by atoms with Gasteiger partial charge in [0.1, 0.15) is 5.25 Å². The molecule has 1 amide bonds. The van der Waals surface area contributed by atoms with E-state index in [1.165, 1.54) is 6.92 Å². The fraction of sp³-hybridized carbons (Fsp3) is 0.533. The number of nitrogens with one attached hydrogen (secondary N) is 1. The minimum atomic E-state index is -3.50. The molecule has 0 radical (unpaired) electrons. The van der Waals surface area contributed by atoms with Crippen molar-refractivity contribution >= 4 is 21.4 Å². The molecule has 0 spiro atoms. The van der Waals surface area contributed by atoms with Crippen molar-refractivity contribution in [2.45, 2.75) is 44.7 Å². The molecule has 0 heterocycles. The number of amides is 1. The van der Waals surface area contributed by atoms with E-state index in [-0.39, 0.29) is 5.92 Å².